The lowest BCUT2D eigenvalue weighted by Gasteiger charge is -2.22. The third kappa shape index (κ3) is 6.15. The molecule has 7 heteroatoms. The van der Waals surface area contributed by atoms with Gasteiger partial charge in [0.2, 0.25) is 10.0 Å². The van der Waals surface area contributed by atoms with E-state index in [-0.39, 0.29) is 10.3 Å². The number of aromatic nitrogens is 2. The lowest BCUT2D eigenvalue weighted by molar-refractivity contribution is 0.350. The van der Waals surface area contributed by atoms with Gasteiger partial charge in [-0.25, -0.2) is 13.1 Å². The second-order valence-corrected chi connectivity index (χ2v) is 7.80. The van der Waals surface area contributed by atoms with E-state index in [9.17, 15) is 8.42 Å². The van der Waals surface area contributed by atoms with Gasteiger partial charge in [-0.1, -0.05) is 27.7 Å². The first-order chi connectivity index (χ1) is 9.80. The lowest BCUT2D eigenvalue weighted by Crippen LogP contribution is -2.33. The van der Waals surface area contributed by atoms with Crippen LogP contribution in [0.3, 0.4) is 0 Å². The average molecular weight is 316 g/mol. The van der Waals surface area contributed by atoms with Gasteiger partial charge in [0.15, 0.2) is 0 Å². The van der Waals surface area contributed by atoms with Crippen LogP contribution in [0, 0.1) is 5.41 Å². The van der Waals surface area contributed by atoms with Crippen LogP contribution in [0.5, 0.6) is 0 Å². The Balaban J connectivity index is 2.58. The summed E-state index contributed by atoms with van der Waals surface area (Å²) in [5.41, 5.74) is -0.0485. The first-order valence-electron chi connectivity index (χ1n) is 7.53. The van der Waals surface area contributed by atoms with Crippen LogP contribution in [0.2, 0.25) is 0 Å². The summed E-state index contributed by atoms with van der Waals surface area (Å²) in [6, 6.07) is 0. The van der Waals surface area contributed by atoms with Crippen LogP contribution in [0.25, 0.3) is 0 Å². The molecular weight excluding hydrogens is 288 g/mol. The summed E-state index contributed by atoms with van der Waals surface area (Å²) >= 11 is 0. The predicted molar refractivity (Wildman–Crippen MR) is 84.6 cm³/mol. The number of sulfonamides is 1. The summed E-state index contributed by atoms with van der Waals surface area (Å²) in [6.45, 7) is 11.1. The second-order valence-electron chi connectivity index (χ2n) is 6.03. The average Bonchev–Trinajstić information content (AvgIpc) is 2.91. The molecule has 21 heavy (non-hydrogen) atoms. The third-order valence-corrected chi connectivity index (χ3v) is 4.92. The first-order valence-corrected chi connectivity index (χ1v) is 9.02. The molecule has 0 aliphatic heterocycles. The Hall–Kier alpha value is -0.920. The molecule has 122 valence electrons. The molecule has 1 heterocycles. The maximum absolute atomic E-state index is 12.2. The maximum atomic E-state index is 12.2. The summed E-state index contributed by atoms with van der Waals surface area (Å²) in [5, 5.41) is 7.36. The molecule has 0 spiro atoms. The van der Waals surface area contributed by atoms with Gasteiger partial charge in [0.1, 0.15) is 4.90 Å². The zero-order valence-corrected chi connectivity index (χ0v) is 14.3. The van der Waals surface area contributed by atoms with E-state index in [1.807, 2.05) is 13.8 Å². The fraction of sp³-hybridized carbons (Fsp3) is 0.786. The van der Waals surface area contributed by atoms with Crippen molar-refractivity contribution in [3.63, 3.8) is 0 Å². The van der Waals surface area contributed by atoms with Crippen LogP contribution in [-0.4, -0.2) is 37.8 Å². The van der Waals surface area contributed by atoms with E-state index in [1.165, 1.54) is 6.20 Å². The van der Waals surface area contributed by atoms with Crippen LogP contribution in [0.15, 0.2) is 17.3 Å². The number of nitrogens with zero attached hydrogens (tertiary/aromatic N) is 2. The van der Waals surface area contributed by atoms with Gasteiger partial charge >= 0.3 is 0 Å². The van der Waals surface area contributed by atoms with Crippen molar-refractivity contribution in [3.05, 3.63) is 12.4 Å². The highest BCUT2D eigenvalue weighted by Crippen LogP contribution is 2.19. The minimum atomic E-state index is -3.47. The Morgan fingerprint density at radius 2 is 2.00 bits per heavy atom. The molecule has 0 saturated heterocycles. The van der Waals surface area contributed by atoms with E-state index < -0.39 is 10.0 Å². The molecule has 0 aliphatic carbocycles. The van der Waals surface area contributed by atoms with E-state index in [4.69, 9.17) is 0 Å². The molecule has 1 aromatic heterocycles. The molecule has 0 aromatic carbocycles. The van der Waals surface area contributed by atoms with E-state index in [0.717, 1.165) is 25.9 Å². The Kier molecular flexibility index (Phi) is 6.83. The Morgan fingerprint density at radius 1 is 1.29 bits per heavy atom. The molecule has 2 N–H and O–H groups in total. The third-order valence-electron chi connectivity index (χ3n) is 3.56. The van der Waals surface area contributed by atoms with Crippen LogP contribution in [0.4, 0.5) is 0 Å². The van der Waals surface area contributed by atoms with E-state index in [2.05, 4.69) is 29.0 Å². The smallest absolute Gasteiger partial charge is 0.243 e. The Labute approximate surface area is 128 Å². The highest BCUT2D eigenvalue weighted by Gasteiger charge is 2.21. The van der Waals surface area contributed by atoms with Gasteiger partial charge in [-0.3, -0.25) is 4.68 Å². The quantitative estimate of drug-likeness (QED) is 0.643. The molecule has 1 rings (SSSR count). The van der Waals surface area contributed by atoms with Crippen molar-refractivity contribution < 1.29 is 8.42 Å². The molecule has 0 atom stereocenters. The zero-order valence-electron chi connectivity index (χ0n) is 13.5. The van der Waals surface area contributed by atoms with E-state index in [0.29, 0.717) is 13.1 Å². The molecule has 0 fully saturated rings. The highest BCUT2D eigenvalue weighted by atomic mass is 32.2. The summed E-state index contributed by atoms with van der Waals surface area (Å²) in [4.78, 5) is 0.227. The number of rotatable bonds is 10. The number of nitrogens with one attached hydrogen (secondary N) is 2. The standard InChI is InChI=1S/C14H28N4O2S/c1-5-7-15-8-9-18-11-13(10-16-18)21(19,20)17-12-14(3,4)6-2/h10-11,15,17H,5-9,12H2,1-4H3. The van der Waals surface area contributed by atoms with Crippen molar-refractivity contribution >= 4 is 10.0 Å². The summed E-state index contributed by atoms with van der Waals surface area (Å²) < 4.78 is 28.7. The normalized spacial score (nSPS) is 12.8. The van der Waals surface area contributed by atoms with Crippen molar-refractivity contribution in [2.75, 3.05) is 19.6 Å². The van der Waals surface area contributed by atoms with Gasteiger partial charge in [0.25, 0.3) is 0 Å². The van der Waals surface area contributed by atoms with Gasteiger partial charge in [0, 0.05) is 19.3 Å². The first kappa shape index (κ1) is 18.1. The highest BCUT2D eigenvalue weighted by molar-refractivity contribution is 7.89. The monoisotopic (exact) mass is 316 g/mol. The number of hydrogen-bond acceptors (Lipinski definition) is 4. The van der Waals surface area contributed by atoms with Crippen molar-refractivity contribution in [2.24, 2.45) is 5.41 Å². The largest absolute Gasteiger partial charge is 0.315 e. The summed E-state index contributed by atoms with van der Waals surface area (Å²) in [5.74, 6) is 0. The van der Waals surface area contributed by atoms with Crippen molar-refractivity contribution in [2.45, 2.75) is 52.0 Å². The van der Waals surface area contributed by atoms with Crippen LogP contribution in [0.1, 0.15) is 40.5 Å². The van der Waals surface area contributed by atoms with Gasteiger partial charge in [-0.2, -0.15) is 5.10 Å². The molecule has 0 aliphatic rings. The Morgan fingerprint density at radius 3 is 2.62 bits per heavy atom. The summed E-state index contributed by atoms with van der Waals surface area (Å²) in [6.07, 6.45) is 4.98. The van der Waals surface area contributed by atoms with Crippen LogP contribution in [-0.2, 0) is 16.6 Å². The van der Waals surface area contributed by atoms with Gasteiger partial charge in [0.05, 0.1) is 12.7 Å². The predicted octanol–water partition coefficient (Wildman–Crippen LogP) is 1.60. The molecular formula is C14H28N4O2S. The minimum Gasteiger partial charge on any atom is -0.315 e. The van der Waals surface area contributed by atoms with Crippen LogP contribution >= 0.6 is 0 Å². The van der Waals surface area contributed by atoms with Gasteiger partial charge in [-0.15, -0.1) is 0 Å². The second kappa shape index (κ2) is 7.91. The fourth-order valence-corrected chi connectivity index (χ4v) is 2.79. The van der Waals surface area contributed by atoms with Crippen molar-refractivity contribution in [1.29, 1.82) is 0 Å². The SMILES string of the molecule is CCCNCCn1cc(S(=O)(=O)NCC(C)(C)CC)cn1. The van der Waals surface area contributed by atoms with E-state index >= 15 is 0 Å². The molecule has 0 unspecified atom stereocenters. The van der Waals surface area contributed by atoms with Crippen molar-refractivity contribution in [1.82, 2.24) is 19.8 Å². The topological polar surface area (TPSA) is 76.0 Å². The molecule has 1 aromatic rings. The van der Waals surface area contributed by atoms with Gasteiger partial charge in [-0.05, 0) is 24.8 Å². The molecule has 0 amide bonds. The maximum Gasteiger partial charge on any atom is 0.243 e. The van der Waals surface area contributed by atoms with E-state index in [1.54, 1.807) is 10.9 Å². The zero-order chi connectivity index (χ0) is 15.9. The molecule has 0 bridgehead atoms. The van der Waals surface area contributed by atoms with Gasteiger partial charge < -0.3 is 5.32 Å². The Bertz CT molecular complexity index is 523. The van der Waals surface area contributed by atoms with Crippen molar-refractivity contribution in [3.8, 4) is 0 Å². The minimum absolute atomic E-state index is 0.0485. The molecule has 0 saturated carbocycles. The fourth-order valence-electron chi connectivity index (χ4n) is 1.60. The molecule has 6 nitrogen and oxygen atoms in total. The molecule has 0 radical (unpaired) electrons. The summed E-state index contributed by atoms with van der Waals surface area (Å²) in [7, 11) is -3.47. The lowest BCUT2D eigenvalue weighted by atomic mass is 9.91. The van der Waals surface area contributed by atoms with Crippen LogP contribution < -0.4 is 10.0 Å². The number of hydrogen-bond donors (Lipinski definition) is 2.